The predicted molar refractivity (Wildman–Crippen MR) is 114 cm³/mol. The molecule has 140 valence electrons. The maximum atomic E-state index is 12.8. The van der Waals surface area contributed by atoms with Gasteiger partial charge in [0.05, 0.1) is 21.5 Å². The van der Waals surface area contributed by atoms with Gasteiger partial charge in [0.25, 0.3) is 11.1 Å². The van der Waals surface area contributed by atoms with Crippen LogP contribution in [0.4, 0.5) is 4.79 Å². The maximum absolute atomic E-state index is 12.8. The number of halogens is 2. The molecule has 3 aromatic carbocycles. The smallest absolute Gasteiger partial charge is 0.293 e. The summed E-state index contributed by atoms with van der Waals surface area (Å²) in [6.07, 6.45) is 1.55. The molecule has 1 fully saturated rings. The molecule has 0 radical (unpaired) electrons. The minimum Gasteiger partial charge on any atom is -0.505 e. The van der Waals surface area contributed by atoms with Crippen LogP contribution < -0.4 is 0 Å². The van der Waals surface area contributed by atoms with Crippen LogP contribution in [0.2, 0.25) is 10.0 Å². The van der Waals surface area contributed by atoms with Crippen LogP contribution in [0.1, 0.15) is 11.1 Å². The third-order valence-corrected chi connectivity index (χ3v) is 5.90. The van der Waals surface area contributed by atoms with Gasteiger partial charge in [0.15, 0.2) is 5.75 Å². The standard InChI is InChI=1S/C21H13Cl2NO3S/c22-16-8-12(9-17(23)19(16)25)10-18-20(26)24(21(27)28-18)11-14-6-3-5-13-4-1-2-7-15(13)14/h1-10,25H,11H2/b18-10+. The van der Waals surface area contributed by atoms with E-state index in [1.807, 2.05) is 42.5 Å². The highest BCUT2D eigenvalue weighted by Crippen LogP contribution is 2.37. The van der Waals surface area contributed by atoms with Crippen molar-refractivity contribution < 1.29 is 14.7 Å². The summed E-state index contributed by atoms with van der Waals surface area (Å²) in [5, 5.41) is 11.5. The monoisotopic (exact) mass is 429 g/mol. The van der Waals surface area contributed by atoms with Gasteiger partial charge in [-0.3, -0.25) is 14.5 Å². The van der Waals surface area contributed by atoms with Crippen molar-refractivity contribution >= 4 is 63.0 Å². The molecule has 1 N–H and O–H groups in total. The summed E-state index contributed by atoms with van der Waals surface area (Å²) in [6.45, 7) is 0.195. The Morgan fingerprint density at radius 2 is 1.68 bits per heavy atom. The Hall–Kier alpha value is -2.47. The lowest BCUT2D eigenvalue weighted by Gasteiger charge is -2.14. The number of aromatic hydroxyl groups is 1. The molecule has 4 rings (SSSR count). The lowest BCUT2D eigenvalue weighted by molar-refractivity contribution is -0.123. The van der Waals surface area contributed by atoms with Gasteiger partial charge in [-0.1, -0.05) is 65.7 Å². The molecule has 0 aromatic heterocycles. The molecule has 7 heteroatoms. The summed E-state index contributed by atoms with van der Waals surface area (Å²) in [7, 11) is 0. The Bertz CT molecular complexity index is 1130. The van der Waals surface area contributed by atoms with Crippen molar-refractivity contribution in [1.29, 1.82) is 0 Å². The van der Waals surface area contributed by atoms with E-state index in [2.05, 4.69) is 0 Å². The van der Waals surface area contributed by atoms with Gasteiger partial charge in [-0.25, -0.2) is 0 Å². The fourth-order valence-electron chi connectivity index (χ4n) is 3.06. The fraction of sp³-hybridized carbons (Fsp3) is 0.0476. The van der Waals surface area contributed by atoms with Crippen LogP contribution in [-0.2, 0) is 11.3 Å². The van der Waals surface area contributed by atoms with E-state index in [1.54, 1.807) is 6.08 Å². The molecule has 3 aromatic rings. The summed E-state index contributed by atoms with van der Waals surface area (Å²) >= 11 is 12.7. The summed E-state index contributed by atoms with van der Waals surface area (Å²) < 4.78 is 0. The van der Waals surface area contributed by atoms with Gasteiger partial charge in [0.1, 0.15) is 0 Å². The summed E-state index contributed by atoms with van der Waals surface area (Å²) in [6, 6.07) is 16.6. The first-order valence-corrected chi connectivity index (χ1v) is 9.91. The molecule has 1 aliphatic rings. The van der Waals surface area contributed by atoms with E-state index in [1.165, 1.54) is 17.0 Å². The highest BCUT2D eigenvalue weighted by atomic mass is 35.5. The first-order chi connectivity index (χ1) is 13.4. The molecule has 0 aliphatic carbocycles. The average Bonchev–Trinajstić information content (AvgIpc) is 2.93. The van der Waals surface area contributed by atoms with Gasteiger partial charge in [0, 0.05) is 0 Å². The molecule has 4 nitrogen and oxygen atoms in total. The van der Waals surface area contributed by atoms with Crippen molar-refractivity contribution in [3.8, 4) is 5.75 Å². The Kier molecular flexibility index (Phi) is 5.06. The zero-order chi connectivity index (χ0) is 19.8. The molecule has 2 amide bonds. The van der Waals surface area contributed by atoms with Crippen molar-refractivity contribution in [1.82, 2.24) is 4.90 Å². The Morgan fingerprint density at radius 1 is 1.00 bits per heavy atom. The fourth-order valence-corrected chi connectivity index (χ4v) is 4.40. The zero-order valence-electron chi connectivity index (χ0n) is 14.4. The molecule has 1 heterocycles. The summed E-state index contributed by atoms with van der Waals surface area (Å²) in [4.78, 5) is 26.8. The number of fused-ring (bicyclic) bond motifs is 1. The lowest BCUT2D eigenvalue weighted by Crippen LogP contribution is -2.27. The molecule has 1 aliphatic heterocycles. The topological polar surface area (TPSA) is 57.6 Å². The number of rotatable bonds is 3. The van der Waals surface area contributed by atoms with Gasteiger partial charge in [-0.15, -0.1) is 0 Å². The molecule has 0 atom stereocenters. The zero-order valence-corrected chi connectivity index (χ0v) is 16.7. The molecular formula is C21H13Cl2NO3S. The van der Waals surface area contributed by atoms with Crippen LogP contribution in [0.15, 0.2) is 59.5 Å². The minimum atomic E-state index is -0.372. The van der Waals surface area contributed by atoms with Crippen LogP contribution in [0, 0.1) is 0 Å². The largest absolute Gasteiger partial charge is 0.505 e. The van der Waals surface area contributed by atoms with Crippen LogP contribution in [0.5, 0.6) is 5.75 Å². The van der Waals surface area contributed by atoms with Crippen molar-refractivity contribution in [2.45, 2.75) is 6.54 Å². The molecule has 28 heavy (non-hydrogen) atoms. The molecule has 0 bridgehead atoms. The van der Waals surface area contributed by atoms with E-state index in [4.69, 9.17) is 23.2 Å². The number of carbonyl (C=O) groups is 2. The number of hydrogen-bond donors (Lipinski definition) is 1. The number of thioether (sulfide) groups is 1. The van der Waals surface area contributed by atoms with Crippen molar-refractivity contribution in [3.05, 3.63) is 80.7 Å². The molecule has 0 spiro atoms. The van der Waals surface area contributed by atoms with Gasteiger partial charge in [-0.2, -0.15) is 0 Å². The van der Waals surface area contributed by atoms with Gasteiger partial charge >= 0.3 is 0 Å². The van der Waals surface area contributed by atoms with Gasteiger partial charge in [-0.05, 0) is 51.9 Å². The Balaban J connectivity index is 1.64. The number of phenolic OH excluding ortho intramolecular Hbond substituents is 1. The summed E-state index contributed by atoms with van der Waals surface area (Å²) in [5.41, 5.74) is 1.43. The van der Waals surface area contributed by atoms with Gasteiger partial charge < -0.3 is 5.11 Å². The normalized spacial score (nSPS) is 15.8. The first kappa shape index (κ1) is 18.9. The summed E-state index contributed by atoms with van der Waals surface area (Å²) in [5.74, 6) is -0.590. The van der Waals surface area contributed by atoms with E-state index < -0.39 is 0 Å². The van der Waals surface area contributed by atoms with Gasteiger partial charge in [0.2, 0.25) is 0 Å². The maximum Gasteiger partial charge on any atom is 0.293 e. The Morgan fingerprint density at radius 3 is 2.43 bits per heavy atom. The number of imide groups is 1. The quantitative estimate of drug-likeness (QED) is 0.511. The number of benzene rings is 3. The third kappa shape index (κ3) is 3.49. The van der Waals surface area contributed by atoms with E-state index >= 15 is 0 Å². The molecule has 0 saturated carbocycles. The second kappa shape index (κ2) is 7.51. The van der Waals surface area contributed by atoms with Crippen molar-refractivity contribution in [3.63, 3.8) is 0 Å². The number of carbonyl (C=O) groups excluding carboxylic acids is 2. The second-order valence-corrected chi connectivity index (χ2v) is 8.05. The lowest BCUT2D eigenvalue weighted by atomic mass is 10.0. The van der Waals surface area contributed by atoms with Crippen LogP contribution in [0.25, 0.3) is 16.8 Å². The van der Waals surface area contributed by atoms with Crippen LogP contribution in [-0.4, -0.2) is 21.2 Å². The first-order valence-electron chi connectivity index (χ1n) is 8.34. The van der Waals surface area contributed by atoms with Crippen molar-refractivity contribution in [2.24, 2.45) is 0 Å². The second-order valence-electron chi connectivity index (χ2n) is 6.24. The third-order valence-electron chi connectivity index (χ3n) is 4.42. The van der Waals surface area contributed by atoms with E-state index in [9.17, 15) is 14.7 Å². The SMILES string of the molecule is O=C1S/C(=C/c2cc(Cl)c(O)c(Cl)c2)C(=O)N1Cc1cccc2ccccc12. The predicted octanol–water partition coefficient (Wildman–Crippen LogP) is 6.09. The van der Waals surface area contributed by atoms with E-state index in [0.717, 1.165) is 28.1 Å². The van der Waals surface area contributed by atoms with Crippen LogP contribution in [0.3, 0.4) is 0 Å². The average molecular weight is 430 g/mol. The molecular weight excluding hydrogens is 417 g/mol. The molecule has 0 unspecified atom stereocenters. The molecule has 1 saturated heterocycles. The number of amides is 2. The number of nitrogens with zero attached hydrogens (tertiary/aromatic N) is 1. The van der Waals surface area contributed by atoms with Crippen LogP contribution >= 0.6 is 35.0 Å². The Labute approximate surface area is 175 Å². The van der Waals surface area contributed by atoms with Crippen molar-refractivity contribution in [2.75, 3.05) is 0 Å². The van der Waals surface area contributed by atoms with E-state index in [-0.39, 0.29) is 38.4 Å². The highest BCUT2D eigenvalue weighted by Gasteiger charge is 2.35. The highest BCUT2D eigenvalue weighted by molar-refractivity contribution is 8.18. The number of hydrogen-bond acceptors (Lipinski definition) is 4. The number of phenols is 1. The minimum absolute atomic E-state index is 0.0775. The van der Waals surface area contributed by atoms with E-state index in [0.29, 0.717) is 5.56 Å².